The molecule has 1 saturated carbocycles. The molecule has 19 heavy (non-hydrogen) atoms. The lowest BCUT2D eigenvalue weighted by molar-refractivity contribution is 0.0697. The molecule has 1 aliphatic carbocycles. The molecule has 0 spiro atoms. The molecule has 1 aliphatic rings. The van der Waals surface area contributed by atoms with Gasteiger partial charge in [0.15, 0.2) is 0 Å². The summed E-state index contributed by atoms with van der Waals surface area (Å²) in [6.07, 6.45) is 4.81. The van der Waals surface area contributed by atoms with Crippen molar-refractivity contribution in [2.24, 2.45) is 11.8 Å². The number of pyridine rings is 1. The Balaban J connectivity index is 2.05. The molecule has 0 saturated heterocycles. The fraction of sp³-hybridized carbons (Fsp3) is 0.538. The van der Waals surface area contributed by atoms with Crippen LogP contribution < -0.4 is 5.32 Å². The topological polar surface area (TPSA) is 82.5 Å². The lowest BCUT2D eigenvalue weighted by atomic mass is 9.97. The van der Waals surface area contributed by atoms with E-state index >= 15 is 0 Å². The number of rotatable bonds is 5. The predicted octanol–water partition coefficient (Wildman–Crippen LogP) is 2.36. The molecule has 6 heteroatoms. The normalized spacial score (nSPS) is 22.4. The van der Waals surface area contributed by atoms with E-state index in [1.807, 2.05) is 0 Å². The smallest absolute Gasteiger partial charge is 0.339 e. The Bertz CT molecular complexity index is 467. The molecule has 0 aromatic carbocycles. The fourth-order valence-corrected chi connectivity index (χ4v) is 2.92. The van der Waals surface area contributed by atoms with E-state index in [1.165, 1.54) is 6.07 Å². The molecule has 0 bridgehead atoms. The van der Waals surface area contributed by atoms with E-state index in [0.29, 0.717) is 28.7 Å². The lowest BCUT2D eigenvalue weighted by Crippen LogP contribution is -2.22. The zero-order valence-corrected chi connectivity index (χ0v) is 12.1. The first-order chi connectivity index (χ1) is 9.11. The number of aliphatic hydroxyl groups is 1. The summed E-state index contributed by atoms with van der Waals surface area (Å²) in [5.74, 6) is 0.0917. The molecule has 1 fully saturated rings. The third-order valence-electron chi connectivity index (χ3n) is 3.67. The third kappa shape index (κ3) is 3.45. The number of nitrogens with zero attached hydrogens (tertiary/aromatic N) is 1. The number of nitrogens with one attached hydrogen (secondary N) is 1. The van der Waals surface area contributed by atoms with Crippen LogP contribution in [0.4, 0.5) is 5.82 Å². The van der Waals surface area contributed by atoms with Crippen molar-refractivity contribution >= 4 is 27.7 Å². The van der Waals surface area contributed by atoms with Gasteiger partial charge < -0.3 is 15.5 Å². The third-order valence-corrected chi connectivity index (χ3v) is 4.10. The SMILES string of the molecule is O=C(O)c1cc(Br)cnc1NCC1CCCC1CO. The zero-order valence-electron chi connectivity index (χ0n) is 10.5. The van der Waals surface area contributed by atoms with Crippen LogP contribution in [0.25, 0.3) is 0 Å². The first-order valence-corrected chi connectivity index (χ1v) is 7.14. The number of anilines is 1. The van der Waals surface area contributed by atoms with Gasteiger partial charge in [-0.1, -0.05) is 6.42 Å². The van der Waals surface area contributed by atoms with Crippen LogP contribution in [-0.4, -0.2) is 34.3 Å². The molecule has 1 aromatic rings. The van der Waals surface area contributed by atoms with Crippen molar-refractivity contribution in [1.82, 2.24) is 4.98 Å². The van der Waals surface area contributed by atoms with Crippen molar-refractivity contribution in [2.75, 3.05) is 18.5 Å². The van der Waals surface area contributed by atoms with E-state index in [2.05, 4.69) is 26.2 Å². The molecule has 1 aromatic heterocycles. The number of aliphatic hydroxyl groups excluding tert-OH is 1. The van der Waals surface area contributed by atoms with Crippen LogP contribution in [0.3, 0.4) is 0 Å². The minimum absolute atomic E-state index is 0.160. The Kier molecular flexibility index (Phi) is 4.76. The highest BCUT2D eigenvalue weighted by Gasteiger charge is 2.26. The molecule has 1 heterocycles. The summed E-state index contributed by atoms with van der Waals surface area (Å²) >= 11 is 3.22. The molecular formula is C13H17BrN2O3. The average Bonchev–Trinajstić information content (AvgIpc) is 2.84. The van der Waals surface area contributed by atoms with Crippen LogP contribution >= 0.6 is 15.9 Å². The number of carboxylic acids is 1. The molecule has 2 unspecified atom stereocenters. The number of aromatic nitrogens is 1. The van der Waals surface area contributed by atoms with Gasteiger partial charge in [-0.25, -0.2) is 9.78 Å². The molecular weight excluding hydrogens is 312 g/mol. The molecule has 2 atom stereocenters. The fourth-order valence-electron chi connectivity index (χ4n) is 2.59. The van der Waals surface area contributed by atoms with Gasteiger partial charge in [-0.15, -0.1) is 0 Å². The van der Waals surface area contributed by atoms with E-state index < -0.39 is 5.97 Å². The predicted molar refractivity (Wildman–Crippen MR) is 75.3 cm³/mol. The van der Waals surface area contributed by atoms with Crippen molar-refractivity contribution in [3.8, 4) is 0 Å². The Hall–Kier alpha value is -1.14. The van der Waals surface area contributed by atoms with E-state index in [9.17, 15) is 9.90 Å². The summed E-state index contributed by atoms with van der Waals surface area (Å²) in [5.41, 5.74) is 0.160. The maximum absolute atomic E-state index is 11.1. The molecule has 0 aliphatic heterocycles. The van der Waals surface area contributed by atoms with Gasteiger partial charge in [-0.3, -0.25) is 0 Å². The second kappa shape index (κ2) is 6.34. The first-order valence-electron chi connectivity index (χ1n) is 6.35. The maximum Gasteiger partial charge on any atom is 0.339 e. The largest absolute Gasteiger partial charge is 0.478 e. The maximum atomic E-state index is 11.1. The molecule has 0 amide bonds. The van der Waals surface area contributed by atoms with Gasteiger partial charge in [-0.2, -0.15) is 0 Å². The summed E-state index contributed by atoms with van der Waals surface area (Å²) in [6.45, 7) is 0.853. The molecule has 2 rings (SSSR count). The van der Waals surface area contributed by atoms with Crippen LogP contribution in [0.2, 0.25) is 0 Å². The van der Waals surface area contributed by atoms with Gasteiger partial charge in [0.1, 0.15) is 11.4 Å². The van der Waals surface area contributed by atoms with Crippen LogP contribution in [0.1, 0.15) is 29.6 Å². The number of carboxylic acid groups (broad SMARTS) is 1. The van der Waals surface area contributed by atoms with Gasteiger partial charge in [0, 0.05) is 23.8 Å². The molecule has 5 nitrogen and oxygen atoms in total. The van der Waals surface area contributed by atoms with Gasteiger partial charge in [0.2, 0.25) is 0 Å². The van der Waals surface area contributed by atoms with Crippen molar-refractivity contribution in [2.45, 2.75) is 19.3 Å². The minimum Gasteiger partial charge on any atom is -0.478 e. The van der Waals surface area contributed by atoms with Crippen LogP contribution in [0.15, 0.2) is 16.7 Å². The van der Waals surface area contributed by atoms with Crippen LogP contribution in [-0.2, 0) is 0 Å². The van der Waals surface area contributed by atoms with E-state index in [4.69, 9.17) is 5.11 Å². The Labute approximate surface area is 120 Å². The van der Waals surface area contributed by atoms with E-state index in [-0.39, 0.29) is 12.2 Å². The molecule has 0 radical (unpaired) electrons. The molecule has 104 valence electrons. The van der Waals surface area contributed by atoms with E-state index in [1.54, 1.807) is 6.20 Å². The Morgan fingerprint density at radius 2 is 2.21 bits per heavy atom. The number of hydrogen-bond donors (Lipinski definition) is 3. The number of halogens is 1. The highest BCUT2D eigenvalue weighted by atomic mass is 79.9. The van der Waals surface area contributed by atoms with Crippen molar-refractivity contribution in [3.63, 3.8) is 0 Å². The highest BCUT2D eigenvalue weighted by Crippen LogP contribution is 2.31. The summed E-state index contributed by atoms with van der Waals surface area (Å²) in [6, 6.07) is 1.54. The minimum atomic E-state index is -0.999. The second-order valence-electron chi connectivity index (χ2n) is 4.87. The highest BCUT2D eigenvalue weighted by molar-refractivity contribution is 9.10. The summed E-state index contributed by atoms with van der Waals surface area (Å²) in [5, 5.41) is 21.5. The average molecular weight is 329 g/mol. The van der Waals surface area contributed by atoms with Gasteiger partial charge in [-0.05, 0) is 46.7 Å². The first kappa shape index (κ1) is 14.3. The quantitative estimate of drug-likeness (QED) is 0.772. The van der Waals surface area contributed by atoms with Gasteiger partial charge in [0.25, 0.3) is 0 Å². The van der Waals surface area contributed by atoms with Gasteiger partial charge >= 0.3 is 5.97 Å². The number of hydrogen-bond acceptors (Lipinski definition) is 4. The number of aromatic carboxylic acids is 1. The van der Waals surface area contributed by atoms with Crippen LogP contribution in [0, 0.1) is 11.8 Å². The number of carbonyl (C=O) groups is 1. The van der Waals surface area contributed by atoms with Gasteiger partial charge in [0.05, 0.1) is 0 Å². The molecule has 3 N–H and O–H groups in total. The van der Waals surface area contributed by atoms with Crippen molar-refractivity contribution in [1.29, 1.82) is 0 Å². The standard InChI is InChI=1S/C13H17BrN2O3/c14-10-4-11(13(18)19)12(16-6-10)15-5-8-2-1-3-9(8)7-17/h4,6,8-9,17H,1-3,5,7H2,(H,15,16)(H,18,19). The summed E-state index contributed by atoms with van der Waals surface area (Å²) < 4.78 is 0.643. The summed E-state index contributed by atoms with van der Waals surface area (Å²) in [4.78, 5) is 15.3. The zero-order chi connectivity index (χ0) is 13.8. The van der Waals surface area contributed by atoms with Crippen LogP contribution in [0.5, 0.6) is 0 Å². The van der Waals surface area contributed by atoms with Crippen molar-refractivity contribution in [3.05, 3.63) is 22.3 Å². The van der Waals surface area contributed by atoms with Crippen molar-refractivity contribution < 1.29 is 15.0 Å². The Morgan fingerprint density at radius 3 is 2.89 bits per heavy atom. The Morgan fingerprint density at radius 1 is 1.47 bits per heavy atom. The second-order valence-corrected chi connectivity index (χ2v) is 5.79. The lowest BCUT2D eigenvalue weighted by Gasteiger charge is -2.18. The van der Waals surface area contributed by atoms with E-state index in [0.717, 1.165) is 19.3 Å². The monoisotopic (exact) mass is 328 g/mol. The summed E-state index contributed by atoms with van der Waals surface area (Å²) in [7, 11) is 0.